The summed E-state index contributed by atoms with van der Waals surface area (Å²) in [6.07, 6.45) is 0.656. The number of ether oxygens (including phenoxy) is 5. The van der Waals surface area contributed by atoms with Crippen LogP contribution in [0.4, 0.5) is 0 Å². The van der Waals surface area contributed by atoms with Crippen molar-refractivity contribution in [2.45, 2.75) is 50.3 Å². The summed E-state index contributed by atoms with van der Waals surface area (Å²) in [5.74, 6) is -2.70. The number of para-hydroxylation sites is 4. The van der Waals surface area contributed by atoms with Gasteiger partial charge in [-0.3, -0.25) is 19.2 Å². The van der Waals surface area contributed by atoms with E-state index < -0.39 is 48.5 Å². The maximum absolute atomic E-state index is 13.9. The first-order chi connectivity index (χ1) is 28.4. The molecule has 13 heteroatoms. The molecule has 1 saturated heterocycles. The number of aromatic nitrogens is 4. The minimum absolute atomic E-state index is 0.107. The van der Waals surface area contributed by atoms with E-state index in [2.05, 4.69) is 19.9 Å². The van der Waals surface area contributed by atoms with Crippen LogP contribution in [-0.4, -0.2) is 75.0 Å². The van der Waals surface area contributed by atoms with Crippen molar-refractivity contribution in [2.75, 3.05) is 6.61 Å². The molecular weight excluding hydrogens is 741 g/mol. The second kappa shape index (κ2) is 15.8. The Balaban J connectivity index is 1.01. The smallest absolute Gasteiger partial charge is 0.312 e. The molecule has 9 rings (SSSR count). The Labute approximate surface area is 330 Å². The molecule has 13 nitrogen and oxygen atoms in total. The second-order valence-corrected chi connectivity index (χ2v) is 14.3. The molecule has 0 spiro atoms. The molecule has 4 N–H and O–H groups in total. The van der Waals surface area contributed by atoms with Gasteiger partial charge in [0.25, 0.3) is 0 Å². The number of hydrogen-bond acceptors (Lipinski definition) is 9. The largest absolute Gasteiger partial charge is 0.456 e. The van der Waals surface area contributed by atoms with E-state index in [0.717, 1.165) is 43.6 Å². The monoisotopic (exact) mass is 778 g/mol. The highest BCUT2D eigenvalue weighted by molar-refractivity contribution is 5.90. The van der Waals surface area contributed by atoms with Crippen molar-refractivity contribution in [3.8, 4) is 0 Å². The standard InChI is InChI=1S/C45H38N4O9/c50-39(17-26-21-46-34-13-5-1-9-30(26)34)55-38-25-54-45(58-42(53)20-29-24-49-37-16-8-4-12-33(29)37)44(57-41(52)19-28-23-48-36-15-7-3-11-32(28)36)43(38)56-40(51)18-27-22-47-35-14-6-2-10-31(27)35/h1-16,21-24,38,43-49H,17-20,25H2. The highest BCUT2D eigenvalue weighted by atomic mass is 16.7. The first-order valence-corrected chi connectivity index (χ1v) is 19.0. The summed E-state index contributed by atoms with van der Waals surface area (Å²) in [5, 5.41) is 3.36. The van der Waals surface area contributed by atoms with E-state index in [-0.39, 0.29) is 32.3 Å². The molecule has 58 heavy (non-hydrogen) atoms. The third-order valence-electron chi connectivity index (χ3n) is 10.5. The molecule has 0 aliphatic carbocycles. The molecule has 1 fully saturated rings. The fourth-order valence-electron chi connectivity index (χ4n) is 7.72. The number of carbonyl (C=O) groups excluding carboxylic acids is 4. The Morgan fingerprint density at radius 1 is 0.448 bits per heavy atom. The van der Waals surface area contributed by atoms with E-state index in [9.17, 15) is 19.2 Å². The summed E-state index contributed by atoms with van der Waals surface area (Å²) < 4.78 is 30.2. The molecule has 4 atom stereocenters. The maximum atomic E-state index is 13.9. The summed E-state index contributed by atoms with van der Waals surface area (Å²) in [6, 6.07) is 30.1. The van der Waals surface area contributed by atoms with Crippen molar-refractivity contribution in [1.29, 1.82) is 0 Å². The number of esters is 4. The van der Waals surface area contributed by atoms with Crippen LogP contribution in [0.15, 0.2) is 122 Å². The SMILES string of the molecule is O=C(Cc1c[nH]c2ccccc12)OC1COC(OC(=O)Cc2c[nH]c3ccccc23)C(OC(=O)Cc2c[nH]c3ccccc23)C1OC(=O)Cc1c[nH]c2ccccc12. The molecule has 1 aliphatic rings. The minimum Gasteiger partial charge on any atom is -0.456 e. The van der Waals surface area contributed by atoms with E-state index in [0.29, 0.717) is 22.3 Å². The van der Waals surface area contributed by atoms with Crippen LogP contribution < -0.4 is 0 Å². The zero-order chi connectivity index (χ0) is 39.6. The number of nitrogens with one attached hydrogen (secondary N) is 4. The fraction of sp³-hybridized carbons (Fsp3) is 0.200. The number of benzene rings is 4. The number of hydrogen-bond donors (Lipinski definition) is 4. The lowest BCUT2D eigenvalue weighted by molar-refractivity contribution is -0.275. The van der Waals surface area contributed by atoms with Gasteiger partial charge in [0.05, 0.1) is 32.3 Å². The topological polar surface area (TPSA) is 178 Å². The Bertz CT molecular complexity index is 2600. The highest BCUT2D eigenvalue weighted by Crippen LogP contribution is 2.29. The average Bonchev–Trinajstić information content (AvgIpc) is 4.03. The fourth-order valence-corrected chi connectivity index (χ4v) is 7.72. The van der Waals surface area contributed by atoms with Crippen molar-refractivity contribution >= 4 is 67.5 Å². The lowest BCUT2D eigenvalue weighted by Gasteiger charge is -2.40. The van der Waals surface area contributed by atoms with E-state index in [1.54, 1.807) is 24.8 Å². The number of H-pyrrole nitrogens is 4. The van der Waals surface area contributed by atoms with Gasteiger partial charge in [-0.2, -0.15) is 0 Å². The second-order valence-electron chi connectivity index (χ2n) is 14.3. The molecule has 4 aromatic heterocycles. The molecule has 292 valence electrons. The molecule has 8 aromatic rings. The summed E-state index contributed by atoms with van der Waals surface area (Å²) in [6.45, 7) is -0.327. The van der Waals surface area contributed by atoms with Gasteiger partial charge in [0.1, 0.15) is 0 Å². The number of fused-ring (bicyclic) bond motifs is 4. The van der Waals surface area contributed by atoms with Crippen LogP contribution in [0.2, 0.25) is 0 Å². The van der Waals surface area contributed by atoms with Crippen molar-refractivity contribution in [1.82, 2.24) is 19.9 Å². The number of rotatable bonds is 12. The van der Waals surface area contributed by atoms with Crippen LogP contribution in [-0.2, 0) is 68.5 Å². The van der Waals surface area contributed by atoms with Gasteiger partial charge in [-0.15, -0.1) is 0 Å². The van der Waals surface area contributed by atoms with Gasteiger partial charge < -0.3 is 43.6 Å². The first kappa shape index (κ1) is 36.5. The third-order valence-corrected chi connectivity index (χ3v) is 10.5. The van der Waals surface area contributed by atoms with Gasteiger partial charge in [-0.25, -0.2) is 0 Å². The minimum atomic E-state index is -1.52. The molecule has 4 unspecified atom stereocenters. The van der Waals surface area contributed by atoms with E-state index >= 15 is 0 Å². The van der Waals surface area contributed by atoms with Crippen LogP contribution in [0.25, 0.3) is 43.6 Å². The van der Waals surface area contributed by atoms with E-state index in [4.69, 9.17) is 23.7 Å². The predicted molar refractivity (Wildman–Crippen MR) is 213 cm³/mol. The molecular formula is C45H38N4O9. The highest BCUT2D eigenvalue weighted by Gasteiger charge is 2.49. The van der Waals surface area contributed by atoms with Gasteiger partial charge in [-0.05, 0) is 46.5 Å². The Kier molecular flexibility index (Phi) is 9.94. The summed E-state index contributed by atoms with van der Waals surface area (Å²) in [7, 11) is 0. The quantitative estimate of drug-likeness (QED) is 0.0795. The van der Waals surface area contributed by atoms with E-state index in [1.165, 1.54) is 0 Å². The molecule has 0 radical (unpaired) electrons. The molecule has 0 bridgehead atoms. The zero-order valence-corrected chi connectivity index (χ0v) is 31.1. The average molecular weight is 779 g/mol. The summed E-state index contributed by atoms with van der Waals surface area (Å²) in [5.41, 5.74) is 6.12. The normalized spacial score (nSPS) is 18.1. The van der Waals surface area contributed by atoms with Crippen molar-refractivity contribution < 1.29 is 42.9 Å². The van der Waals surface area contributed by atoms with E-state index in [1.807, 2.05) is 97.1 Å². The Hall–Kier alpha value is -7.12. The molecule has 5 heterocycles. The number of carbonyl (C=O) groups is 4. The van der Waals surface area contributed by atoms with Crippen molar-refractivity contribution in [2.24, 2.45) is 0 Å². The number of aromatic amines is 4. The van der Waals surface area contributed by atoms with Crippen LogP contribution in [0.3, 0.4) is 0 Å². The maximum Gasteiger partial charge on any atom is 0.312 e. The van der Waals surface area contributed by atoms with Gasteiger partial charge in [0.2, 0.25) is 12.4 Å². The van der Waals surface area contributed by atoms with Crippen LogP contribution in [0.5, 0.6) is 0 Å². The molecule has 0 saturated carbocycles. The van der Waals surface area contributed by atoms with Crippen molar-refractivity contribution in [3.05, 3.63) is 144 Å². The molecule has 4 aromatic carbocycles. The van der Waals surface area contributed by atoms with Gasteiger partial charge in [0.15, 0.2) is 12.2 Å². The third kappa shape index (κ3) is 7.54. The predicted octanol–water partition coefficient (Wildman–Crippen LogP) is 6.52. The van der Waals surface area contributed by atoms with Gasteiger partial charge in [0, 0.05) is 68.4 Å². The first-order valence-electron chi connectivity index (χ1n) is 19.0. The lowest BCUT2D eigenvalue weighted by atomic mass is 10.0. The van der Waals surface area contributed by atoms with Gasteiger partial charge >= 0.3 is 23.9 Å². The van der Waals surface area contributed by atoms with Crippen LogP contribution >= 0.6 is 0 Å². The molecule has 0 amide bonds. The molecule has 1 aliphatic heterocycles. The Morgan fingerprint density at radius 3 is 1.17 bits per heavy atom. The summed E-state index contributed by atoms with van der Waals surface area (Å²) >= 11 is 0. The van der Waals surface area contributed by atoms with Crippen molar-refractivity contribution in [3.63, 3.8) is 0 Å². The zero-order valence-electron chi connectivity index (χ0n) is 31.1. The lowest BCUT2D eigenvalue weighted by Crippen LogP contribution is -2.59. The van der Waals surface area contributed by atoms with Crippen LogP contribution in [0, 0.1) is 0 Å². The van der Waals surface area contributed by atoms with Gasteiger partial charge in [-0.1, -0.05) is 72.8 Å². The summed E-state index contributed by atoms with van der Waals surface area (Å²) in [4.78, 5) is 67.6. The Morgan fingerprint density at radius 2 is 0.776 bits per heavy atom. The van der Waals surface area contributed by atoms with Crippen LogP contribution in [0.1, 0.15) is 22.3 Å².